The Morgan fingerprint density at radius 1 is 1.64 bits per heavy atom. The number of guanidine groups is 1. The molecule has 1 aromatic heterocycles. The van der Waals surface area contributed by atoms with Crippen LogP contribution in [0.2, 0.25) is 0 Å². The Balaban J connectivity index is 2.04. The summed E-state index contributed by atoms with van der Waals surface area (Å²) in [5.41, 5.74) is 1.13. The molecule has 22 heavy (non-hydrogen) atoms. The maximum absolute atomic E-state index is 5.90. The highest BCUT2D eigenvalue weighted by Crippen LogP contribution is 2.21. The van der Waals surface area contributed by atoms with Gasteiger partial charge in [0, 0.05) is 37.1 Å². The average Bonchev–Trinajstić information content (AvgIpc) is 2.97. The highest BCUT2D eigenvalue weighted by atomic mass is 32.2. The molecule has 0 amide bonds. The number of hydrogen-bond donors (Lipinski definition) is 1. The van der Waals surface area contributed by atoms with Gasteiger partial charge in [-0.3, -0.25) is 9.67 Å². The van der Waals surface area contributed by atoms with E-state index in [1.807, 2.05) is 35.9 Å². The van der Waals surface area contributed by atoms with E-state index in [2.05, 4.69) is 35.4 Å². The number of morpholine rings is 1. The van der Waals surface area contributed by atoms with Gasteiger partial charge in [0.15, 0.2) is 5.96 Å². The van der Waals surface area contributed by atoms with Crippen LogP contribution in [0, 0.1) is 0 Å². The maximum Gasteiger partial charge on any atom is 0.194 e. The minimum Gasteiger partial charge on any atom is -0.370 e. The Labute approximate surface area is 137 Å². The molecule has 2 unspecified atom stereocenters. The van der Waals surface area contributed by atoms with Crippen LogP contribution in [0.15, 0.2) is 17.4 Å². The Hall–Kier alpha value is -1.21. The second kappa shape index (κ2) is 8.43. The predicted molar refractivity (Wildman–Crippen MR) is 92.4 cm³/mol. The number of hydrogen-bond acceptors (Lipinski definition) is 4. The average molecular weight is 325 g/mol. The third kappa shape index (κ3) is 4.64. The molecule has 1 N–H and O–H groups in total. The summed E-state index contributed by atoms with van der Waals surface area (Å²) >= 11 is 1.84. The SMILES string of the molecule is CCNC(=NCC(C)SC)N1CCOC(c2cnn(C)c2)C1. The molecule has 124 valence electrons. The van der Waals surface area contributed by atoms with E-state index in [4.69, 9.17) is 9.73 Å². The molecule has 6 nitrogen and oxygen atoms in total. The lowest BCUT2D eigenvalue weighted by atomic mass is 10.1. The van der Waals surface area contributed by atoms with Crippen molar-refractivity contribution in [3.05, 3.63) is 18.0 Å². The topological polar surface area (TPSA) is 54.7 Å². The minimum atomic E-state index is 0.0595. The van der Waals surface area contributed by atoms with Crippen LogP contribution in [0.4, 0.5) is 0 Å². The highest BCUT2D eigenvalue weighted by molar-refractivity contribution is 7.99. The lowest BCUT2D eigenvalue weighted by Crippen LogP contribution is -2.48. The summed E-state index contributed by atoms with van der Waals surface area (Å²) < 4.78 is 7.72. The summed E-state index contributed by atoms with van der Waals surface area (Å²) in [5.74, 6) is 0.987. The number of nitrogens with one attached hydrogen (secondary N) is 1. The first-order valence-corrected chi connectivity index (χ1v) is 9.09. The third-order valence-corrected chi connectivity index (χ3v) is 4.65. The van der Waals surface area contributed by atoms with Gasteiger partial charge in [-0.2, -0.15) is 16.9 Å². The molecule has 2 atom stereocenters. The molecular formula is C15H27N5OS. The summed E-state index contributed by atoms with van der Waals surface area (Å²) in [4.78, 5) is 7.06. The number of aliphatic imine (C=N–C) groups is 1. The van der Waals surface area contributed by atoms with Crippen molar-refractivity contribution in [2.45, 2.75) is 25.2 Å². The summed E-state index contributed by atoms with van der Waals surface area (Å²) in [7, 11) is 1.93. The van der Waals surface area contributed by atoms with Gasteiger partial charge in [-0.05, 0) is 13.2 Å². The van der Waals surface area contributed by atoms with Gasteiger partial charge in [-0.25, -0.2) is 0 Å². The van der Waals surface area contributed by atoms with Gasteiger partial charge in [0.25, 0.3) is 0 Å². The van der Waals surface area contributed by atoms with Crippen molar-refractivity contribution in [3.63, 3.8) is 0 Å². The standard InChI is InChI=1S/C15H27N5OS/c1-5-16-15(17-8-12(2)22-4)20-6-7-21-14(11-20)13-9-18-19(3)10-13/h9-10,12,14H,5-8,11H2,1-4H3,(H,16,17). The van der Waals surface area contributed by atoms with Gasteiger partial charge in [-0.1, -0.05) is 6.92 Å². The summed E-state index contributed by atoms with van der Waals surface area (Å²) in [6.07, 6.45) is 6.09. The van der Waals surface area contributed by atoms with E-state index in [1.54, 1.807) is 0 Å². The summed E-state index contributed by atoms with van der Waals surface area (Å²) in [5, 5.41) is 8.17. The van der Waals surface area contributed by atoms with Gasteiger partial charge < -0.3 is 15.0 Å². The Bertz CT molecular complexity index is 490. The predicted octanol–water partition coefficient (Wildman–Crippen LogP) is 1.51. The van der Waals surface area contributed by atoms with Gasteiger partial charge in [0.2, 0.25) is 0 Å². The van der Waals surface area contributed by atoms with Crippen LogP contribution in [-0.2, 0) is 11.8 Å². The maximum atomic E-state index is 5.90. The third-order valence-electron chi connectivity index (χ3n) is 3.70. The van der Waals surface area contributed by atoms with Gasteiger partial charge in [0.1, 0.15) is 6.10 Å². The van der Waals surface area contributed by atoms with Crippen LogP contribution in [0.5, 0.6) is 0 Å². The number of nitrogens with zero attached hydrogens (tertiary/aromatic N) is 4. The van der Waals surface area contributed by atoms with Crippen molar-refractivity contribution in [1.29, 1.82) is 0 Å². The van der Waals surface area contributed by atoms with Crippen molar-refractivity contribution >= 4 is 17.7 Å². The second-order valence-electron chi connectivity index (χ2n) is 5.49. The van der Waals surface area contributed by atoms with Crippen LogP contribution in [0.25, 0.3) is 0 Å². The first-order valence-electron chi connectivity index (χ1n) is 7.80. The molecule has 1 saturated heterocycles. The van der Waals surface area contributed by atoms with Crippen LogP contribution < -0.4 is 5.32 Å². The van der Waals surface area contributed by atoms with Crippen LogP contribution in [0.1, 0.15) is 25.5 Å². The van der Waals surface area contributed by atoms with E-state index in [0.29, 0.717) is 11.9 Å². The highest BCUT2D eigenvalue weighted by Gasteiger charge is 2.25. The molecule has 1 fully saturated rings. The normalized spacial score (nSPS) is 21.0. The lowest BCUT2D eigenvalue weighted by Gasteiger charge is -2.35. The summed E-state index contributed by atoms with van der Waals surface area (Å²) in [6.45, 7) is 8.41. The number of aryl methyl sites for hydroxylation is 1. The number of aromatic nitrogens is 2. The van der Waals surface area contributed by atoms with E-state index in [-0.39, 0.29) is 6.10 Å². The Kier molecular flexibility index (Phi) is 6.57. The van der Waals surface area contributed by atoms with E-state index in [0.717, 1.165) is 37.7 Å². The fourth-order valence-corrected chi connectivity index (χ4v) is 2.59. The quantitative estimate of drug-likeness (QED) is 0.657. The van der Waals surface area contributed by atoms with Crippen molar-refractivity contribution in [1.82, 2.24) is 20.0 Å². The van der Waals surface area contributed by atoms with Gasteiger partial charge in [-0.15, -0.1) is 0 Å². The molecule has 0 radical (unpaired) electrons. The number of rotatable bonds is 5. The molecule has 1 aromatic rings. The zero-order valence-corrected chi connectivity index (χ0v) is 14.8. The monoisotopic (exact) mass is 325 g/mol. The summed E-state index contributed by atoms with van der Waals surface area (Å²) in [6, 6.07) is 0. The fourth-order valence-electron chi connectivity index (χ4n) is 2.37. The van der Waals surface area contributed by atoms with Crippen molar-refractivity contribution in [3.8, 4) is 0 Å². The zero-order chi connectivity index (χ0) is 15.9. The molecular weight excluding hydrogens is 298 g/mol. The number of thioether (sulfide) groups is 1. The molecule has 7 heteroatoms. The molecule has 2 rings (SSSR count). The first-order chi connectivity index (χ1) is 10.6. The van der Waals surface area contributed by atoms with E-state index in [9.17, 15) is 0 Å². The smallest absolute Gasteiger partial charge is 0.194 e. The van der Waals surface area contributed by atoms with Crippen LogP contribution in [-0.4, -0.2) is 64.9 Å². The van der Waals surface area contributed by atoms with Crippen LogP contribution in [0.3, 0.4) is 0 Å². The van der Waals surface area contributed by atoms with E-state index < -0.39 is 0 Å². The molecule has 1 aliphatic rings. The Morgan fingerprint density at radius 2 is 2.45 bits per heavy atom. The van der Waals surface area contributed by atoms with Gasteiger partial charge >= 0.3 is 0 Å². The van der Waals surface area contributed by atoms with Gasteiger partial charge in [0.05, 0.1) is 25.9 Å². The van der Waals surface area contributed by atoms with Crippen molar-refractivity contribution in [2.24, 2.45) is 12.0 Å². The fraction of sp³-hybridized carbons (Fsp3) is 0.733. The second-order valence-corrected chi connectivity index (χ2v) is 6.77. The van der Waals surface area contributed by atoms with Crippen molar-refractivity contribution < 1.29 is 4.74 Å². The lowest BCUT2D eigenvalue weighted by molar-refractivity contribution is -0.00803. The molecule has 0 saturated carbocycles. The minimum absolute atomic E-state index is 0.0595. The molecule has 2 heterocycles. The van der Waals surface area contributed by atoms with Crippen molar-refractivity contribution in [2.75, 3.05) is 39.0 Å². The molecule has 0 spiro atoms. The van der Waals surface area contributed by atoms with Crippen LogP contribution >= 0.6 is 11.8 Å². The molecule has 0 aliphatic carbocycles. The van der Waals surface area contributed by atoms with E-state index in [1.165, 1.54) is 0 Å². The first kappa shape index (κ1) is 17.1. The van der Waals surface area contributed by atoms with E-state index >= 15 is 0 Å². The zero-order valence-electron chi connectivity index (χ0n) is 14.0. The largest absolute Gasteiger partial charge is 0.370 e. The molecule has 0 aromatic carbocycles. The Morgan fingerprint density at radius 3 is 3.09 bits per heavy atom. The number of ether oxygens (including phenoxy) is 1. The molecule has 1 aliphatic heterocycles. The molecule has 0 bridgehead atoms.